The highest BCUT2D eigenvalue weighted by atomic mass is 32.2. The van der Waals surface area contributed by atoms with Gasteiger partial charge in [-0.25, -0.2) is 13.1 Å². The van der Waals surface area contributed by atoms with E-state index in [9.17, 15) is 8.42 Å². The van der Waals surface area contributed by atoms with Crippen molar-refractivity contribution in [2.75, 3.05) is 34.3 Å². The highest BCUT2D eigenvalue weighted by molar-refractivity contribution is 7.89. The standard InChI is InChI=1S/C12H20N2O3S/c1-10-9-11(5-6-12(10)17-4)18(15,16)13-7-8-14(2)3/h5-6,9,13H,7-8H2,1-4H3. The van der Waals surface area contributed by atoms with Gasteiger partial charge in [-0.15, -0.1) is 0 Å². The van der Waals surface area contributed by atoms with Crippen molar-refractivity contribution >= 4 is 10.0 Å². The van der Waals surface area contributed by atoms with Crippen LogP contribution in [0.5, 0.6) is 5.75 Å². The molecule has 0 unspecified atom stereocenters. The highest BCUT2D eigenvalue weighted by Gasteiger charge is 2.14. The summed E-state index contributed by atoms with van der Waals surface area (Å²) in [5.41, 5.74) is 0.799. The summed E-state index contributed by atoms with van der Waals surface area (Å²) in [4.78, 5) is 2.18. The predicted octanol–water partition coefficient (Wildman–Crippen LogP) is 0.844. The van der Waals surface area contributed by atoms with Gasteiger partial charge in [0.1, 0.15) is 5.75 Å². The Hall–Kier alpha value is -1.11. The van der Waals surface area contributed by atoms with Crippen LogP contribution in [-0.2, 0) is 10.0 Å². The second-order valence-corrected chi connectivity index (χ2v) is 6.10. The maximum absolute atomic E-state index is 12.0. The number of aryl methyl sites for hydroxylation is 1. The Labute approximate surface area is 109 Å². The Bertz CT molecular complexity index is 498. The van der Waals surface area contributed by atoms with Gasteiger partial charge >= 0.3 is 0 Å². The lowest BCUT2D eigenvalue weighted by molar-refractivity contribution is 0.410. The van der Waals surface area contributed by atoms with Crippen LogP contribution >= 0.6 is 0 Å². The highest BCUT2D eigenvalue weighted by Crippen LogP contribution is 2.20. The minimum Gasteiger partial charge on any atom is -0.496 e. The van der Waals surface area contributed by atoms with Gasteiger partial charge in [-0.05, 0) is 44.8 Å². The van der Waals surface area contributed by atoms with Gasteiger partial charge < -0.3 is 9.64 Å². The number of sulfonamides is 1. The minimum atomic E-state index is -3.44. The summed E-state index contributed by atoms with van der Waals surface area (Å²) in [6.07, 6.45) is 0. The molecule has 0 aliphatic heterocycles. The third kappa shape index (κ3) is 3.97. The molecule has 1 aromatic rings. The Kier molecular flexibility index (Phi) is 5.13. The zero-order chi connectivity index (χ0) is 13.8. The lowest BCUT2D eigenvalue weighted by Crippen LogP contribution is -2.31. The van der Waals surface area contributed by atoms with E-state index in [-0.39, 0.29) is 4.90 Å². The van der Waals surface area contributed by atoms with E-state index in [2.05, 4.69) is 4.72 Å². The van der Waals surface area contributed by atoms with Gasteiger partial charge in [0, 0.05) is 13.1 Å². The molecule has 0 atom stereocenters. The zero-order valence-corrected chi connectivity index (χ0v) is 12.0. The first-order valence-corrected chi connectivity index (χ1v) is 7.14. The molecule has 0 spiro atoms. The van der Waals surface area contributed by atoms with Crippen LogP contribution in [0.4, 0.5) is 0 Å². The van der Waals surface area contributed by atoms with E-state index >= 15 is 0 Å². The monoisotopic (exact) mass is 272 g/mol. The molecule has 0 heterocycles. The number of nitrogens with one attached hydrogen (secondary N) is 1. The Balaban J connectivity index is 2.82. The molecule has 0 bridgehead atoms. The number of hydrogen-bond acceptors (Lipinski definition) is 4. The fraction of sp³-hybridized carbons (Fsp3) is 0.500. The Morgan fingerprint density at radius 1 is 1.33 bits per heavy atom. The van der Waals surface area contributed by atoms with Crippen LogP contribution in [0.25, 0.3) is 0 Å². The number of likely N-dealkylation sites (N-methyl/N-ethyl adjacent to an activating group) is 1. The van der Waals surface area contributed by atoms with Crippen LogP contribution in [0, 0.1) is 6.92 Å². The molecule has 6 heteroatoms. The summed E-state index contributed by atoms with van der Waals surface area (Å²) in [6, 6.07) is 4.82. The zero-order valence-electron chi connectivity index (χ0n) is 11.2. The summed E-state index contributed by atoms with van der Waals surface area (Å²) in [7, 11) is 1.92. The molecule has 0 radical (unpaired) electrons. The first-order valence-electron chi connectivity index (χ1n) is 5.66. The maximum atomic E-state index is 12.0. The molecule has 0 fully saturated rings. The molecule has 5 nitrogen and oxygen atoms in total. The van der Waals surface area contributed by atoms with Crippen molar-refractivity contribution in [3.05, 3.63) is 23.8 Å². The smallest absolute Gasteiger partial charge is 0.240 e. The van der Waals surface area contributed by atoms with Gasteiger partial charge in [0.2, 0.25) is 10.0 Å². The van der Waals surface area contributed by atoms with Crippen molar-refractivity contribution in [2.24, 2.45) is 0 Å². The molecular formula is C12H20N2O3S. The summed E-state index contributed by atoms with van der Waals surface area (Å²) in [5.74, 6) is 0.683. The largest absolute Gasteiger partial charge is 0.496 e. The Morgan fingerprint density at radius 3 is 2.50 bits per heavy atom. The average Bonchev–Trinajstić information content (AvgIpc) is 2.28. The first-order chi connectivity index (χ1) is 8.36. The van der Waals surface area contributed by atoms with Gasteiger partial charge in [0.25, 0.3) is 0 Å². The number of methoxy groups -OCH3 is 1. The van der Waals surface area contributed by atoms with Crippen molar-refractivity contribution in [1.82, 2.24) is 9.62 Å². The Morgan fingerprint density at radius 2 is 2.00 bits per heavy atom. The molecule has 0 aliphatic rings. The quantitative estimate of drug-likeness (QED) is 0.834. The van der Waals surface area contributed by atoms with Crippen molar-refractivity contribution in [1.29, 1.82) is 0 Å². The van der Waals surface area contributed by atoms with Gasteiger partial charge in [-0.1, -0.05) is 0 Å². The van der Waals surface area contributed by atoms with Crippen LogP contribution in [-0.4, -0.2) is 47.6 Å². The van der Waals surface area contributed by atoms with E-state index in [4.69, 9.17) is 4.74 Å². The van der Waals surface area contributed by atoms with Crippen molar-refractivity contribution < 1.29 is 13.2 Å². The molecule has 102 valence electrons. The molecule has 1 aromatic carbocycles. The number of hydrogen-bond donors (Lipinski definition) is 1. The van der Waals surface area contributed by atoms with Gasteiger partial charge in [0.05, 0.1) is 12.0 Å². The number of ether oxygens (including phenoxy) is 1. The topological polar surface area (TPSA) is 58.6 Å². The second kappa shape index (κ2) is 6.17. The molecule has 0 saturated carbocycles. The van der Waals surface area contributed by atoms with Crippen LogP contribution in [0.3, 0.4) is 0 Å². The predicted molar refractivity (Wildman–Crippen MR) is 71.5 cm³/mol. The van der Waals surface area contributed by atoms with E-state index in [1.54, 1.807) is 25.3 Å². The summed E-state index contributed by atoms with van der Waals surface area (Å²) < 4.78 is 31.7. The molecular weight excluding hydrogens is 252 g/mol. The van der Waals surface area contributed by atoms with Gasteiger partial charge in [0.15, 0.2) is 0 Å². The van der Waals surface area contributed by atoms with E-state index in [1.807, 2.05) is 25.9 Å². The second-order valence-electron chi connectivity index (χ2n) is 4.33. The molecule has 0 aliphatic carbocycles. The first kappa shape index (κ1) is 14.9. The number of nitrogens with zero attached hydrogens (tertiary/aromatic N) is 1. The normalized spacial score (nSPS) is 11.8. The minimum absolute atomic E-state index is 0.263. The molecule has 1 rings (SSSR count). The van der Waals surface area contributed by atoms with E-state index in [0.29, 0.717) is 18.8 Å². The number of benzene rings is 1. The molecule has 0 amide bonds. The average molecular weight is 272 g/mol. The molecule has 0 saturated heterocycles. The fourth-order valence-corrected chi connectivity index (χ4v) is 2.61. The van der Waals surface area contributed by atoms with Crippen LogP contribution in [0.2, 0.25) is 0 Å². The maximum Gasteiger partial charge on any atom is 0.240 e. The van der Waals surface area contributed by atoms with Crippen LogP contribution < -0.4 is 9.46 Å². The lowest BCUT2D eigenvalue weighted by Gasteiger charge is -2.12. The third-order valence-corrected chi connectivity index (χ3v) is 3.99. The van der Waals surface area contributed by atoms with E-state index in [0.717, 1.165) is 5.56 Å². The fourth-order valence-electron chi connectivity index (χ4n) is 1.51. The van der Waals surface area contributed by atoms with Crippen LogP contribution in [0.1, 0.15) is 5.56 Å². The van der Waals surface area contributed by atoms with Crippen molar-refractivity contribution in [2.45, 2.75) is 11.8 Å². The molecule has 0 aromatic heterocycles. The van der Waals surface area contributed by atoms with Gasteiger partial charge in [-0.2, -0.15) is 0 Å². The van der Waals surface area contributed by atoms with Crippen molar-refractivity contribution in [3.63, 3.8) is 0 Å². The molecule has 1 N–H and O–H groups in total. The van der Waals surface area contributed by atoms with Crippen LogP contribution in [0.15, 0.2) is 23.1 Å². The molecule has 18 heavy (non-hydrogen) atoms. The summed E-state index contributed by atoms with van der Waals surface area (Å²) in [6.45, 7) is 2.87. The van der Waals surface area contributed by atoms with Gasteiger partial charge in [-0.3, -0.25) is 0 Å². The summed E-state index contributed by atoms with van der Waals surface area (Å²) in [5, 5.41) is 0. The van der Waals surface area contributed by atoms with Crippen molar-refractivity contribution in [3.8, 4) is 5.75 Å². The summed E-state index contributed by atoms with van der Waals surface area (Å²) >= 11 is 0. The van der Waals surface area contributed by atoms with E-state index in [1.165, 1.54) is 0 Å². The lowest BCUT2D eigenvalue weighted by atomic mass is 10.2. The van der Waals surface area contributed by atoms with E-state index < -0.39 is 10.0 Å². The number of rotatable bonds is 6. The third-order valence-electron chi connectivity index (χ3n) is 2.53. The SMILES string of the molecule is COc1ccc(S(=O)(=O)NCCN(C)C)cc1C.